The van der Waals surface area contributed by atoms with E-state index in [-0.39, 0.29) is 0 Å². The molecule has 0 aromatic heterocycles. The van der Waals surface area contributed by atoms with Gasteiger partial charge in [-0.3, -0.25) is 0 Å². The van der Waals surface area contributed by atoms with E-state index in [1.165, 1.54) is 0 Å². The average molecular weight is 288 g/mol. The van der Waals surface area contributed by atoms with Crippen LogP contribution in [0.25, 0.3) is 0 Å². The van der Waals surface area contributed by atoms with Gasteiger partial charge in [-0.15, -0.1) is 0 Å². The molecule has 6 heteroatoms. The van der Waals surface area contributed by atoms with Gasteiger partial charge in [0.15, 0.2) is 0 Å². The summed E-state index contributed by atoms with van der Waals surface area (Å²) in [4.78, 5) is 4.69. The molecule has 1 radical (unpaired) electrons. The Balaban J connectivity index is 1.69. The fraction of sp³-hybridized carbons (Fsp3) is 0.923. The highest BCUT2D eigenvalue weighted by Gasteiger charge is 2.23. The molecule has 2 aliphatic rings. The summed E-state index contributed by atoms with van der Waals surface area (Å²) in [6.45, 7) is 6.58. The zero-order valence-corrected chi connectivity index (χ0v) is 12.7. The third-order valence-electron chi connectivity index (χ3n) is 4.03. The maximum Gasteiger partial charge on any atom is 0.214 e. The maximum atomic E-state index is 12.2. The average Bonchev–Trinajstić information content (AvgIpc) is 2.42. The number of nitrogens with zero attached hydrogens (tertiary/aromatic N) is 3. The Labute approximate surface area is 117 Å². The molecule has 0 aromatic rings. The third kappa shape index (κ3) is 4.70. The molecule has 2 heterocycles. The molecule has 0 N–H and O–H groups in total. The first-order valence-electron chi connectivity index (χ1n) is 7.28. The third-order valence-corrected chi connectivity index (χ3v) is 5.99. The summed E-state index contributed by atoms with van der Waals surface area (Å²) in [6, 6.07) is 0. The number of piperazine rings is 1. The Bertz CT molecular complexity index is 358. The molecule has 0 bridgehead atoms. The summed E-state index contributed by atoms with van der Waals surface area (Å²) in [5, 5.41) is 0. The van der Waals surface area contributed by atoms with E-state index in [2.05, 4.69) is 23.3 Å². The Morgan fingerprint density at radius 1 is 1.00 bits per heavy atom. The van der Waals surface area contributed by atoms with Crippen LogP contribution in [0.3, 0.4) is 0 Å². The van der Waals surface area contributed by atoms with Crippen LogP contribution in [0.1, 0.15) is 19.3 Å². The number of sulfonamides is 1. The van der Waals surface area contributed by atoms with Crippen molar-refractivity contribution in [1.29, 1.82) is 0 Å². The van der Waals surface area contributed by atoms with Gasteiger partial charge >= 0.3 is 0 Å². The van der Waals surface area contributed by atoms with Gasteiger partial charge in [0.1, 0.15) is 0 Å². The number of rotatable bonds is 5. The Morgan fingerprint density at radius 3 is 2.26 bits per heavy atom. The van der Waals surface area contributed by atoms with E-state index in [0.717, 1.165) is 52.0 Å². The van der Waals surface area contributed by atoms with Crippen molar-refractivity contribution >= 4 is 10.0 Å². The highest BCUT2D eigenvalue weighted by Crippen LogP contribution is 2.13. The molecule has 0 amide bonds. The molecular weight excluding hydrogens is 262 g/mol. The number of piperidine rings is 1. The van der Waals surface area contributed by atoms with E-state index >= 15 is 0 Å². The minimum absolute atomic E-state index is 0.305. The summed E-state index contributed by atoms with van der Waals surface area (Å²) in [5.41, 5.74) is 0. The Morgan fingerprint density at radius 2 is 1.63 bits per heavy atom. The fourth-order valence-corrected chi connectivity index (χ4v) is 4.20. The number of hydrogen-bond donors (Lipinski definition) is 0. The second kappa shape index (κ2) is 7.02. The normalized spacial score (nSPS) is 24.7. The predicted octanol–water partition coefficient (Wildman–Crippen LogP) is 0.254. The second-order valence-electron chi connectivity index (χ2n) is 5.58. The van der Waals surface area contributed by atoms with E-state index in [4.69, 9.17) is 0 Å². The van der Waals surface area contributed by atoms with Crippen molar-refractivity contribution in [2.75, 3.05) is 58.6 Å². The largest absolute Gasteiger partial charge is 0.304 e. The molecule has 19 heavy (non-hydrogen) atoms. The lowest BCUT2D eigenvalue weighted by molar-refractivity contribution is 0.154. The van der Waals surface area contributed by atoms with Crippen molar-refractivity contribution in [1.82, 2.24) is 14.1 Å². The van der Waals surface area contributed by atoms with Crippen LogP contribution in [-0.2, 0) is 10.0 Å². The molecule has 0 aromatic carbocycles. The first-order valence-corrected chi connectivity index (χ1v) is 8.89. The lowest BCUT2D eigenvalue weighted by atomic mass is 10.2. The van der Waals surface area contributed by atoms with Gasteiger partial charge in [-0.25, -0.2) is 12.7 Å². The number of hydrogen-bond acceptors (Lipinski definition) is 4. The van der Waals surface area contributed by atoms with Gasteiger partial charge < -0.3 is 9.80 Å². The summed E-state index contributed by atoms with van der Waals surface area (Å²) in [5.74, 6) is 0.305. The van der Waals surface area contributed by atoms with Crippen molar-refractivity contribution in [3.8, 4) is 0 Å². The molecule has 111 valence electrons. The van der Waals surface area contributed by atoms with Crippen LogP contribution in [0.5, 0.6) is 0 Å². The summed E-state index contributed by atoms with van der Waals surface area (Å²) < 4.78 is 26.0. The minimum atomic E-state index is -3.02. The van der Waals surface area contributed by atoms with Crippen LogP contribution in [0.4, 0.5) is 0 Å². The lowest BCUT2D eigenvalue weighted by Gasteiger charge is -2.32. The molecule has 5 nitrogen and oxygen atoms in total. The topological polar surface area (TPSA) is 43.9 Å². The maximum absolute atomic E-state index is 12.2. The van der Waals surface area contributed by atoms with Gasteiger partial charge in [-0.2, -0.15) is 0 Å². The highest BCUT2D eigenvalue weighted by molar-refractivity contribution is 7.89. The van der Waals surface area contributed by atoms with Crippen molar-refractivity contribution < 1.29 is 8.42 Å². The van der Waals surface area contributed by atoms with Crippen molar-refractivity contribution in [3.05, 3.63) is 6.42 Å². The quantitative estimate of drug-likeness (QED) is 0.728. The SMILES string of the molecule is CN1CCN(CCCS(=O)(=O)N2CC[CH]CC2)CC1. The van der Waals surface area contributed by atoms with E-state index in [1.54, 1.807) is 4.31 Å². The second-order valence-corrected chi connectivity index (χ2v) is 7.67. The molecule has 0 saturated carbocycles. The predicted molar refractivity (Wildman–Crippen MR) is 77.4 cm³/mol. The first kappa shape index (κ1) is 15.2. The van der Waals surface area contributed by atoms with E-state index < -0.39 is 10.0 Å². The van der Waals surface area contributed by atoms with Gasteiger partial charge in [0.05, 0.1) is 5.75 Å². The highest BCUT2D eigenvalue weighted by atomic mass is 32.2. The van der Waals surface area contributed by atoms with Gasteiger partial charge in [0, 0.05) is 39.3 Å². The zero-order valence-electron chi connectivity index (χ0n) is 11.9. The first-order chi connectivity index (χ1) is 9.08. The zero-order chi connectivity index (χ0) is 13.7. The Kier molecular flexibility index (Phi) is 5.62. The van der Waals surface area contributed by atoms with Crippen LogP contribution in [0.2, 0.25) is 0 Å². The number of likely N-dealkylation sites (N-methyl/N-ethyl adjacent to an activating group) is 1. The summed E-state index contributed by atoms with van der Waals surface area (Å²) in [6.07, 6.45) is 4.73. The van der Waals surface area contributed by atoms with Gasteiger partial charge in [0.25, 0.3) is 0 Å². The van der Waals surface area contributed by atoms with Crippen LogP contribution < -0.4 is 0 Å². The van der Waals surface area contributed by atoms with Crippen LogP contribution in [0, 0.1) is 6.42 Å². The molecule has 2 rings (SSSR count). The van der Waals surface area contributed by atoms with E-state index in [0.29, 0.717) is 18.8 Å². The molecule has 0 aliphatic carbocycles. The summed E-state index contributed by atoms with van der Waals surface area (Å²) in [7, 11) is -0.885. The minimum Gasteiger partial charge on any atom is -0.304 e. The van der Waals surface area contributed by atoms with Crippen molar-refractivity contribution in [3.63, 3.8) is 0 Å². The molecule has 0 unspecified atom stereocenters. The van der Waals surface area contributed by atoms with Gasteiger partial charge in [0.2, 0.25) is 10.0 Å². The van der Waals surface area contributed by atoms with Crippen molar-refractivity contribution in [2.45, 2.75) is 19.3 Å². The monoisotopic (exact) mass is 288 g/mol. The van der Waals surface area contributed by atoms with E-state index in [1.807, 2.05) is 0 Å². The smallest absolute Gasteiger partial charge is 0.214 e. The molecule has 0 atom stereocenters. The molecule has 2 fully saturated rings. The van der Waals surface area contributed by atoms with Crippen LogP contribution >= 0.6 is 0 Å². The standard InChI is InChI=1S/C13H26N3O2S/c1-14-9-11-15(12-10-14)6-5-13-19(17,18)16-7-3-2-4-8-16/h2H,3-13H2,1H3. The molecule has 0 spiro atoms. The fourth-order valence-electron chi connectivity index (χ4n) is 2.68. The lowest BCUT2D eigenvalue weighted by Crippen LogP contribution is -2.45. The summed E-state index contributed by atoms with van der Waals surface area (Å²) >= 11 is 0. The Hall–Kier alpha value is -0.170. The molecular formula is C13H26N3O2S. The van der Waals surface area contributed by atoms with Crippen molar-refractivity contribution in [2.24, 2.45) is 0 Å². The van der Waals surface area contributed by atoms with Crippen LogP contribution in [0.15, 0.2) is 0 Å². The van der Waals surface area contributed by atoms with E-state index in [9.17, 15) is 8.42 Å². The van der Waals surface area contributed by atoms with Crippen LogP contribution in [-0.4, -0.2) is 81.1 Å². The molecule has 2 saturated heterocycles. The van der Waals surface area contributed by atoms with Gasteiger partial charge in [-0.05, 0) is 39.3 Å². The van der Waals surface area contributed by atoms with Gasteiger partial charge in [-0.1, -0.05) is 0 Å². The molecule has 2 aliphatic heterocycles.